The molecule has 2 aromatic heterocycles. The molecule has 3 N–H and O–H groups in total. The van der Waals surface area contributed by atoms with Gasteiger partial charge < -0.3 is 25.6 Å². The molecule has 39 heavy (non-hydrogen) atoms. The first-order chi connectivity index (χ1) is 19.1. The smallest absolute Gasteiger partial charge is 0.231 e. The predicted molar refractivity (Wildman–Crippen MR) is 153 cm³/mol. The molecule has 10 nitrogen and oxygen atoms in total. The van der Waals surface area contributed by atoms with Gasteiger partial charge in [-0.1, -0.05) is 18.2 Å². The van der Waals surface area contributed by atoms with E-state index in [9.17, 15) is 4.79 Å². The van der Waals surface area contributed by atoms with Crippen molar-refractivity contribution in [1.29, 1.82) is 0 Å². The third kappa shape index (κ3) is 5.51. The quantitative estimate of drug-likeness (QED) is 0.272. The van der Waals surface area contributed by atoms with Gasteiger partial charge in [-0.05, 0) is 60.7 Å². The summed E-state index contributed by atoms with van der Waals surface area (Å²) in [5.74, 6) is 0.888. The molecule has 1 fully saturated rings. The monoisotopic (exact) mass is 520 g/mol. The number of hydrogen-bond donors (Lipinski definition) is 3. The Kier molecular flexibility index (Phi) is 6.75. The van der Waals surface area contributed by atoms with Crippen LogP contribution in [0, 0.1) is 0 Å². The Hall–Kier alpha value is -4.96. The lowest BCUT2D eigenvalue weighted by Gasteiger charge is -2.28. The van der Waals surface area contributed by atoms with Gasteiger partial charge in [0.2, 0.25) is 11.9 Å². The summed E-state index contributed by atoms with van der Waals surface area (Å²) < 4.78 is 7.41. The van der Waals surface area contributed by atoms with Gasteiger partial charge >= 0.3 is 0 Å². The molecule has 1 amide bonds. The molecule has 3 aromatic carbocycles. The Morgan fingerprint density at radius 3 is 2.18 bits per heavy atom. The first-order valence-electron chi connectivity index (χ1n) is 12.8. The van der Waals surface area contributed by atoms with Gasteiger partial charge in [0.15, 0.2) is 17.0 Å². The largest absolute Gasteiger partial charge is 0.378 e. The van der Waals surface area contributed by atoms with E-state index >= 15 is 0 Å². The van der Waals surface area contributed by atoms with Crippen LogP contribution >= 0.6 is 0 Å². The summed E-state index contributed by atoms with van der Waals surface area (Å²) in [6.07, 6.45) is 1.75. The summed E-state index contributed by atoms with van der Waals surface area (Å²) in [6, 6.07) is 25.6. The van der Waals surface area contributed by atoms with Crippen molar-refractivity contribution < 1.29 is 9.53 Å². The number of rotatable bonds is 7. The van der Waals surface area contributed by atoms with Crippen LogP contribution in [-0.4, -0.2) is 51.7 Å². The molecule has 6 rings (SSSR count). The summed E-state index contributed by atoms with van der Waals surface area (Å²) in [5, 5.41) is 9.51. The molecule has 0 radical (unpaired) electrons. The Morgan fingerprint density at radius 2 is 1.46 bits per heavy atom. The Balaban J connectivity index is 1.33. The summed E-state index contributed by atoms with van der Waals surface area (Å²) >= 11 is 0. The first-order valence-corrected chi connectivity index (χ1v) is 12.8. The maximum Gasteiger partial charge on any atom is 0.231 e. The Labute approximate surface area is 225 Å². The lowest BCUT2D eigenvalue weighted by Crippen LogP contribution is -2.36. The number of anilines is 6. The molecule has 3 heterocycles. The maximum atomic E-state index is 11.4. The standard InChI is InChI=1S/C29H28N8O2/c1-20(38)31-21-7-9-22(10-8-21)32-27-26-28(37(19-30-26)25-5-3-2-4-6-25)35-29(34-27)33-23-11-13-24(14-12-23)36-15-17-39-18-16-36/h2-14,19H,15-18H2,1H3,(H,31,38)(H2,32,33,34,35). The second-order valence-corrected chi connectivity index (χ2v) is 9.17. The molecular weight excluding hydrogens is 492 g/mol. The van der Waals surface area contributed by atoms with Crippen molar-refractivity contribution in [2.24, 2.45) is 0 Å². The van der Waals surface area contributed by atoms with Crippen LogP contribution in [0.2, 0.25) is 0 Å². The molecule has 1 aliphatic rings. The molecule has 1 saturated heterocycles. The first kappa shape index (κ1) is 24.4. The lowest BCUT2D eigenvalue weighted by atomic mass is 10.2. The third-order valence-corrected chi connectivity index (χ3v) is 6.40. The maximum absolute atomic E-state index is 11.4. The summed E-state index contributed by atoms with van der Waals surface area (Å²) in [7, 11) is 0. The second kappa shape index (κ2) is 10.8. The molecule has 1 aliphatic heterocycles. The van der Waals surface area contributed by atoms with Crippen LogP contribution in [0.15, 0.2) is 85.2 Å². The van der Waals surface area contributed by atoms with Gasteiger partial charge in [-0.15, -0.1) is 0 Å². The van der Waals surface area contributed by atoms with Crippen molar-refractivity contribution in [1.82, 2.24) is 19.5 Å². The second-order valence-electron chi connectivity index (χ2n) is 9.17. The molecule has 196 valence electrons. The van der Waals surface area contributed by atoms with Crippen LogP contribution < -0.4 is 20.9 Å². The number of morpholine rings is 1. The average molecular weight is 521 g/mol. The minimum atomic E-state index is -0.117. The van der Waals surface area contributed by atoms with E-state index in [1.807, 2.05) is 71.3 Å². The number of para-hydroxylation sites is 1. The number of aromatic nitrogens is 4. The van der Waals surface area contributed by atoms with Gasteiger partial charge in [0.05, 0.1) is 13.2 Å². The number of hydrogen-bond acceptors (Lipinski definition) is 8. The van der Waals surface area contributed by atoms with Crippen LogP contribution in [0.3, 0.4) is 0 Å². The fraction of sp³-hybridized carbons (Fsp3) is 0.172. The molecule has 10 heteroatoms. The number of nitrogens with zero attached hydrogens (tertiary/aromatic N) is 5. The zero-order valence-electron chi connectivity index (χ0n) is 21.5. The van der Waals surface area contributed by atoms with Crippen molar-refractivity contribution in [2.45, 2.75) is 6.92 Å². The molecule has 0 saturated carbocycles. The molecule has 0 aliphatic carbocycles. The van der Waals surface area contributed by atoms with Crippen LogP contribution in [0.4, 0.5) is 34.5 Å². The van der Waals surface area contributed by atoms with Gasteiger partial charge in [0, 0.05) is 48.5 Å². The number of amides is 1. The average Bonchev–Trinajstić information content (AvgIpc) is 3.40. The third-order valence-electron chi connectivity index (χ3n) is 6.40. The minimum Gasteiger partial charge on any atom is -0.378 e. The van der Waals surface area contributed by atoms with Gasteiger partial charge in [-0.25, -0.2) is 4.98 Å². The highest BCUT2D eigenvalue weighted by molar-refractivity contribution is 5.90. The summed E-state index contributed by atoms with van der Waals surface area (Å²) in [5.41, 5.74) is 5.82. The van der Waals surface area contributed by atoms with Gasteiger partial charge in [0.1, 0.15) is 6.33 Å². The zero-order valence-corrected chi connectivity index (χ0v) is 21.5. The lowest BCUT2D eigenvalue weighted by molar-refractivity contribution is -0.114. The fourth-order valence-corrected chi connectivity index (χ4v) is 4.50. The molecule has 0 spiro atoms. The SMILES string of the molecule is CC(=O)Nc1ccc(Nc2nc(Nc3ccc(N4CCOCC4)cc3)nc3c2ncn3-c2ccccc2)cc1. The van der Waals surface area contributed by atoms with Gasteiger partial charge in [-0.3, -0.25) is 9.36 Å². The van der Waals surface area contributed by atoms with Crippen molar-refractivity contribution in [3.63, 3.8) is 0 Å². The number of nitrogens with one attached hydrogen (secondary N) is 3. The number of fused-ring (bicyclic) bond motifs is 1. The van der Waals surface area contributed by atoms with E-state index in [1.54, 1.807) is 6.33 Å². The summed E-state index contributed by atoms with van der Waals surface area (Å²) in [6.45, 7) is 4.74. The highest BCUT2D eigenvalue weighted by Gasteiger charge is 2.16. The van der Waals surface area contributed by atoms with Crippen LogP contribution in [0.1, 0.15) is 6.92 Å². The van der Waals surface area contributed by atoms with Crippen LogP contribution in [0.5, 0.6) is 0 Å². The number of carbonyl (C=O) groups is 1. The van der Waals surface area contributed by atoms with Gasteiger partial charge in [0.25, 0.3) is 0 Å². The van der Waals surface area contributed by atoms with E-state index in [-0.39, 0.29) is 5.91 Å². The Morgan fingerprint density at radius 1 is 0.795 bits per heavy atom. The van der Waals surface area contributed by atoms with E-state index in [0.717, 1.165) is 54.7 Å². The van der Waals surface area contributed by atoms with Crippen LogP contribution in [-0.2, 0) is 9.53 Å². The van der Waals surface area contributed by atoms with E-state index in [0.29, 0.717) is 22.9 Å². The predicted octanol–water partition coefficient (Wildman–Crippen LogP) is 5.10. The molecule has 5 aromatic rings. The van der Waals surface area contributed by atoms with Gasteiger partial charge in [-0.2, -0.15) is 9.97 Å². The number of imidazole rings is 1. The summed E-state index contributed by atoms with van der Waals surface area (Å²) in [4.78, 5) is 27.9. The highest BCUT2D eigenvalue weighted by atomic mass is 16.5. The van der Waals surface area contributed by atoms with Crippen molar-refractivity contribution in [3.8, 4) is 5.69 Å². The normalized spacial score (nSPS) is 13.3. The van der Waals surface area contributed by atoms with E-state index < -0.39 is 0 Å². The topological polar surface area (TPSA) is 109 Å². The fourth-order valence-electron chi connectivity index (χ4n) is 4.50. The number of ether oxygens (including phenoxy) is 1. The zero-order chi connectivity index (χ0) is 26.6. The molecular formula is C29H28N8O2. The van der Waals surface area contributed by atoms with Crippen molar-refractivity contribution >= 4 is 51.6 Å². The highest BCUT2D eigenvalue weighted by Crippen LogP contribution is 2.28. The minimum absolute atomic E-state index is 0.117. The number of carbonyl (C=O) groups excluding carboxylic acids is 1. The Bertz CT molecular complexity index is 1580. The van der Waals surface area contributed by atoms with E-state index in [1.165, 1.54) is 6.92 Å². The van der Waals surface area contributed by atoms with Crippen molar-refractivity contribution in [2.75, 3.05) is 47.2 Å². The number of benzene rings is 3. The molecule has 0 unspecified atom stereocenters. The van der Waals surface area contributed by atoms with Crippen LogP contribution in [0.25, 0.3) is 16.9 Å². The van der Waals surface area contributed by atoms with Crippen molar-refractivity contribution in [3.05, 3.63) is 85.2 Å². The molecule has 0 atom stereocenters. The molecule has 0 bridgehead atoms. The van der Waals surface area contributed by atoms with E-state index in [4.69, 9.17) is 14.7 Å². The van der Waals surface area contributed by atoms with E-state index in [2.05, 4.69) is 38.0 Å².